The zero-order valence-corrected chi connectivity index (χ0v) is 17.7. The first-order valence-corrected chi connectivity index (χ1v) is 10.4. The summed E-state index contributed by atoms with van der Waals surface area (Å²) in [6.45, 7) is 3.25. The lowest BCUT2D eigenvalue weighted by molar-refractivity contribution is 0.0581. The van der Waals surface area contributed by atoms with E-state index in [0.717, 1.165) is 24.0 Å². The smallest absolute Gasteiger partial charge is 0.338 e. The molecule has 7 nitrogen and oxygen atoms in total. The summed E-state index contributed by atoms with van der Waals surface area (Å²) in [5.74, 6) is 0.716. The van der Waals surface area contributed by atoms with Gasteiger partial charge in [0.2, 0.25) is 11.7 Å². The highest BCUT2D eigenvalue weighted by Gasteiger charge is 2.28. The number of benzene rings is 2. The molecule has 31 heavy (non-hydrogen) atoms. The van der Waals surface area contributed by atoms with Gasteiger partial charge in [0.25, 0.3) is 5.91 Å². The Kier molecular flexibility index (Phi) is 6.11. The lowest BCUT2D eigenvalue weighted by atomic mass is 9.94. The first-order chi connectivity index (χ1) is 15.1. The third kappa shape index (κ3) is 4.50. The summed E-state index contributed by atoms with van der Waals surface area (Å²) in [5, 5.41) is 4.14. The van der Waals surface area contributed by atoms with E-state index in [1.807, 2.05) is 31.2 Å². The number of esters is 1. The van der Waals surface area contributed by atoms with Gasteiger partial charge in [0.1, 0.15) is 0 Å². The monoisotopic (exact) mass is 419 g/mol. The van der Waals surface area contributed by atoms with Crippen LogP contribution in [-0.2, 0) is 11.2 Å². The van der Waals surface area contributed by atoms with Gasteiger partial charge in [-0.2, -0.15) is 4.98 Å². The molecular weight excluding hydrogens is 394 g/mol. The third-order valence-corrected chi connectivity index (χ3v) is 5.69. The Hall–Kier alpha value is -3.48. The molecule has 1 aliphatic rings. The molecule has 1 amide bonds. The van der Waals surface area contributed by atoms with E-state index in [2.05, 4.69) is 10.1 Å². The summed E-state index contributed by atoms with van der Waals surface area (Å²) in [7, 11) is 1.32. The van der Waals surface area contributed by atoms with Crippen molar-refractivity contribution >= 4 is 11.9 Å². The third-order valence-electron chi connectivity index (χ3n) is 5.69. The number of hydrogen-bond donors (Lipinski definition) is 0. The van der Waals surface area contributed by atoms with E-state index >= 15 is 0 Å². The minimum absolute atomic E-state index is 0.156. The first-order valence-electron chi connectivity index (χ1n) is 10.4. The number of rotatable bonds is 5. The number of methoxy groups -OCH3 is 1. The fourth-order valence-corrected chi connectivity index (χ4v) is 4.06. The SMILES string of the molecule is COC(=O)c1ccccc1C(=O)N1CCC[C@H](Cc2nc(-c3ccccc3C)no2)C1. The zero-order valence-electron chi connectivity index (χ0n) is 17.7. The molecule has 4 rings (SSSR count). The van der Waals surface area contributed by atoms with Gasteiger partial charge in [0.05, 0.1) is 18.2 Å². The summed E-state index contributed by atoms with van der Waals surface area (Å²) in [5.41, 5.74) is 2.71. The van der Waals surface area contributed by atoms with Gasteiger partial charge in [-0.25, -0.2) is 4.79 Å². The van der Waals surface area contributed by atoms with Gasteiger partial charge < -0.3 is 14.2 Å². The number of nitrogens with zero attached hydrogens (tertiary/aromatic N) is 3. The Morgan fingerprint density at radius 2 is 1.87 bits per heavy atom. The van der Waals surface area contributed by atoms with Crippen LogP contribution in [-0.4, -0.2) is 47.1 Å². The van der Waals surface area contributed by atoms with Crippen molar-refractivity contribution in [2.75, 3.05) is 20.2 Å². The molecule has 0 unspecified atom stereocenters. The largest absolute Gasteiger partial charge is 0.465 e. The maximum absolute atomic E-state index is 13.1. The fraction of sp³-hybridized carbons (Fsp3) is 0.333. The Labute approximate surface area is 181 Å². The number of carbonyl (C=O) groups excluding carboxylic acids is 2. The first kappa shape index (κ1) is 20.8. The normalized spacial score (nSPS) is 16.2. The topological polar surface area (TPSA) is 85.5 Å². The Morgan fingerprint density at radius 3 is 2.65 bits per heavy atom. The molecule has 160 valence electrons. The van der Waals surface area contributed by atoms with Crippen LogP contribution < -0.4 is 0 Å². The van der Waals surface area contributed by atoms with Crippen molar-refractivity contribution in [1.82, 2.24) is 15.0 Å². The summed E-state index contributed by atoms with van der Waals surface area (Å²) >= 11 is 0. The van der Waals surface area contributed by atoms with Crippen LogP contribution in [0.5, 0.6) is 0 Å². The van der Waals surface area contributed by atoms with Crippen molar-refractivity contribution in [2.24, 2.45) is 5.92 Å². The number of piperidine rings is 1. The molecule has 1 fully saturated rings. The van der Waals surface area contributed by atoms with E-state index in [9.17, 15) is 9.59 Å². The molecule has 0 N–H and O–H groups in total. The second kappa shape index (κ2) is 9.12. The molecule has 1 saturated heterocycles. The van der Waals surface area contributed by atoms with Crippen molar-refractivity contribution in [3.05, 3.63) is 71.1 Å². The van der Waals surface area contributed by atoms with E-state index < -0.39 is 5.97 Å². The highest BCUT2D eigenvalue weighted by atomic mass is 16.5. The Bertz CT molecular complexity index is 1090. The van der Waals surface area contributed by atoms with Crippen molar-refractivity contribution in [2.45, 2.75) is 26.2 Å². The molecule has 0 radical (unpaired) electrons. The van der Waals surface area contributed by atoms with E-state index in [-0.39, 0.29) is 17.4 Å². The molecule has 0 saturated carbocycles. The minimum Gasteiger partial charge on any atom is -0.465 e. The predicted octanol–water partition coefficient (Wildman–Crippen LogP) is 3.93. The molecule has 7 heteroatoms. The number of carbonyl (C=O) groups is 2. The molecule has 3 aromatic rings. The van der Waals surface area contributed by atoms with Crippen molar-refractivity contribution in [1.29, 1.82) is 0 Å². The summed E-state index contributed by atoms with van der Waals surface area (Å²) in [6.07, 6.45) is 2.47. The second-order valence-electron chi connectivity index (χ2n) is 7.83. The quantitative estimate of drug-likeness (QED) is 0.583. The number of ether oxygens (including phenoxy) is 1. The Morgan fingerprint density at radius 1 is 1.13 bits per heavy atom. The van der Waals surface area contributed by atoms with Crippen molar-refractivity contribution in [3.63, 3.8) is 0 Å². The average Bonchev–Trinajstić information content (AvgIpc) is 3.26. The number of hydrogen-bond acceptors (Lipinski definition) is 6. The standard InChI is InChI=1S/C24H25N3O4/c1-16-8-3-4-10-18(16)22-25-21(31-26-22)14-17-9-7-13-27(15-17)23(28)19-11-5-6-12-20(19)24(29)30-2/h3-6,8,10-12,17H,7,9,13-15H2,1-2H3/t17-/m1/s1. The molecule has 1 atom stereocenters. The lowest BCUT2D eigenvalue weighted by Gasteiger charge is -2.32. The van der Waals surface area contributed by atoms with Crippen LogP contribution in [0.1, 0.15) is 45.0 Å². The number of aromatic nitrogens is 2. The summed E-state index contributed by atoms with van der Waals surface area (Å²) in [6, 6.07) is 14.7. The van der Waals surface area contributed by atoms with Gasteiger partial charge in [0.15, 0.2) is 0 Å². The maximum Gasteiger partial charge on any atom is 0.338 e. The van der Waals surface area contributed by atoms with Crippen LogP contribution in [0, 0.1) is 12.8 Å². The van der Waals surface area contributed by atoms with Crippen molar-refractivity contribution < 1.29 is 18.8 Å². The fourth-order valence-electron chi connectivity index (χ4n) is 4.06. The molecule has 0 bridgehead atoms. The van der Waals surface area contributed by atoms with Gasteiger partial charge in [-0.3, -0.25) is 4.79 Å². The predicted molar refractivity (Wildman–Crippen MR) is 115 cm³/mol. The minimum atomic E-state index is -0.507. The number of aryl methyl sites for hydroxylation is 1. The van der Waals surface area contributed by atoms with E-state index in [0.29, 0.717) is 36.8 Å². The van der Waals surface area contributed by atoms with Gasteiger partial charge >= 0.3 is 5.97 Å². The molecule has 2 heterocycles. The lowest BCUT2D eigenvalue weighted by Crippen LogP contribution is -2.41. The van der Waals surface area contributed by atoms with Gasteiger partial charge in [-0.1, -0.05) is 41.6 Å². The molecule has 0 aliphatic carbocycles. The maximum atomic E-state index is 13.1. The number of amides is 1. The van der Waals surface area contributed by atoms with Crippen LogP contribution in [0.4, 0.5) is 0 Å². The molecule has 1 aromatic heterocycles. The van der Waals surface area contributed by atoms with E-state index in [1.54, 1.807) is 29.2 Å². The highest BCUT2D eigenvalue weighted by molar-refractivity contribution is 6.05. The van der Waals surface area contributed by atoms with Crippen LogP contribution in [0.15, 0.2) is 53.1 Å². The zero-order chi connectivity index (χ0) is 21.8. The Balaban J connectivity index is 1.46. The van der Waals surface area contributed by atoms with Gasteiger partial charge in [-0.05, 0) is 43.4 Å². The number of likely N-dealkylation sites (tertiary alicyclic amines) is 1. The average molecular weight is 419 g/mol. The molecule has 0 spiro atoms. The van der Waals surface area contributed by atoms with Crippen LogP contribution in [0.25, 0.3) is 11.4 Å². The van der Waals surface area contributed by atoms with E-state index in [4.69, 9.17) is 9.26 Å². The molecule has 1 aliphatic heterocycles. The van der Waals surface area contributed by atoms with E-state index in [1.165, 1.54) is 7.11 Å². The van der Waals surface area contributed by atoms with Crippen LogP contribution >= 0.6 is 0 Å². The highest BCUT2D eigenvalue weighted by Crippen LogP contribution is 2.25. The van der Waals surface area contributed by atoms with Crippen LogP contribution in [0.3, 0.4) is 0 Å². The van der Waals surface area contributed by atoms with Gasteiger partial charge in [-0.15, -0.1) is 0 Å². The van der Waals surface area contributed by atoms with Gasteiger partial charge in [0, 0.05) is 25.1 Å². The summed E-state index contributed by atoms with van der Waals surface area (Å²) < 4.78 is 10.3. The van der Waals surface area contributed by atoms with Crippen LogP contribution in [0.2, 0.25) is 0 Å². The second-order valence-corrected chi connectivity index (χ2v) is 7.83. The summed E-state index contributed by atoms with van der Waals surface area (Å²) in [4.78, 5) is 31.6. The molecular formula is C24H25N3O4. The van der Waals surface area contributed by atoms with Crippen molar-refractivity contribution in [3.8, 4) is 11.4 Å². The molecule has 2 aromatic carbocycles.